The molecule has 0 aromatic heterocycles. The molecule has 1 unspecified atom stereocenters. The van der Waals surface area contributed by atoms with Crippen LogP contribution in [0.15, 0.2) is 6.07 Å². The molecular formula is C14H17F3N2O3. The summed E-state index contributed by atoms with van der Waals surface area (Å²) >= 11 is 0. The number of phenolic OH excluding ortho intramolecular Hbond substituents is 1. The Kier molecular flexibility index (Phi) is 5.78. The van der Waals surface area contributed by atoms with E-state index in [1.54, 1.807) is 0 Å². The normalized spacial score (nSPS) is 12.1. The summed E-state index contributed by atoms with van der Waals surface area (Å²) in [6.45, 7) is 3.62. The highest BCUT2D eigenvalue weighted by atomic mass is 19.2. The number of halogens is 3. The fourth-order valence-electron chi connectivity index (χ4n) is 1.87. The van der Waals surface area contributed by atoms with Gasteiger partial charge in [-0.2, -0.15) is 4.39 Å². The average Bonchev–Trinajstić information content (AvgIpc) is 2.46. The predicted octanol–water partition coefficient (Wildman–Crippen LogP) is 1.70. The highest BCUT2D eigenvalue weighted by Gasteiger charge is 2.26. The maximum atomic E-state index is 13.7. The lowest BCUT2D eigenvalue weighted by atomic mass is 10.0. The van der Waals surface area contributed by atoms with Crippen LogP contribution in [-0.4, -0.2) is 30.0 Å². The lowest BCUT2D eigenvalue weighted by Crippen LogP contribution is -2.46. The Morgan fingerprint density at radius 3 is 2.32 bits per heavy atom. The van der Waals surface area contributed by atoms with Crippen LogP contribution in [0.2, 0.25) is 0 Å². The molecule has 0 saturated carbocycles. The summed E-state index contributed by atoms with van der Waals surface area (Å²) in [5.41, 5.74) is -0.881. The first kappa shape index (κ1) is 17.8. The Morgan fingerprint density at radius 1 is 1.23 bits per heavy atom. The van der Waals surface area contributed by atoms with E-state index in [4.69, 9.17) is 5.11 Å². The van der Waals surface area contributed by atoms with Crippen molar-refractivity contribution in [3.8, 4) is 5.75 Å². The Bertz CT molecular complexity index is 591. The third kappa shape index (κ3) is 3.90. The zero-order chi connectivity index (χ0) is 17.0. The van der Waals surface area contributed by atoms with E-state index in [0.717, 1.165) is 0 Å². The molecule has 0 saturated heterocycles. The number of amides is 2. The van der Waals surface area contributed by atoms with E-state index in [2.05, 4.69) is 10.6 Å². The van der Waals surface area contributed by atoms with E-state index >= 15 is 0 Å². The topological polar surface area (TPSA) is 78.4 Å². The van der Waals surface area contributed by atoms with Crippen LogP contribution in [0, 0.1) is 23.4 Å². The van der Waals surface area contributed by atoms with Gasteiger partial charge in [-0.05, 0) is 18.4 Å². The van der Waals surface area contributed by atoms with Gasteiger partial charge >= 0.3 is 0 Å². The molecule has 1 aromatic rings. The molecule has 122 valence electrons. The fraction of sp³-hybridized carbons (Fsp3) is 0.429. The molecular weight excluding hydrogens is 301 g/mol. The Morgan fingerprint density at radius 2 is 1.82 bits per heavy atom. The Hall–Kier alpha value is -2.25. The van der Waals surface area contributed by atoms with Crippen molar-refractivity contribution in [3.05, 3.63) is 29.1 Å². The highest BCUT2D eigenvalue weighted by Crippen LogP contribution is 2.25. The number of rotatable bonds is 5. The number of phenols is 1. The summed E-state index contributed by atoms with van der Waals surface area (Å²) < 4.78 is 39.9. The number of nitrogens with one attached hydrogen (secondary N) is 2. The molecule has 1 aromatic carbocycles. The molecule has 0 spiro atoms. The SMILES string of the molecule is CNC(=O)C(CC(C)C)NC(=O)c1cc(F)c(F)c(O)c1F. The number of benzene rings is 1. The van der Waals surface area contributed by atoms with Gasteiger partial charge in [-0.25, -0.2) is 8.78 Å². The molecule has 1 rings (SSSR count). The molecule has 1 atom stereocenters. The minimum atomic E-state index is -1.78. The van der Waals surface area contributed by atoms with E-state index in [0.29, 0.717) is 6.07 Å². The zero-order valence-electron chi connectivity index (χ0n) is 12.3. The van der Waals surface area contributed by atoms with Crippen molar-refractivity contribution in [1.82, 2.24) is 10.6 Å². The van der Waals surface area contributed by atoms with Crippen molar-refractivity contribution < 1.29 is 27.9 Å². The second-order valence-electron chi connectivity index (χ2n) is 5.15. The number of carbonyl (C=O) groups excluding carboxylic acids is 2. The molecule has 5 nitrogen and oxygen atoms in total. The summed E-state index contributed by atoms with van der Waals surface area (Å²) in [6, 6.07) is -0.636. The fourth-order valence-corrected chi connectivity index (χ4v) is 1.87. The molecule has 22 heavy (non-hydrogen) atoms. The van der Waals surface area contributed by atoms with E-state index in [1.807, 2.05) is 13.8 Å². The van der Waals surface area contributed by atoms with Crippen molar-refractivity contribution in [1.29, 1.82) is 0 Å². The first-order valence-corrected chi connectivity index (χ1v) is 6.57. The van der Waals surface area contributed by atoms with Crippen molar-refractivity contribution in [2.75, 3.05) is 7.05 Å². The predicted molar refractivity (Wildman–Crippen MR) is 72.8 cm³/mol. The molecule has 3 N–H and O–H groups in total. The number of aromatic hydroxyl groups is 1. The second kappa shape index (κ2) is 7.15. The van der Waals surface area contributed by atoms with Crippen LogP contribution in [-0.2, 0) is 4.79 Å². The van der Waals surface area contributed by atoms with Crippen LogP contribution in [0.1, 0.15) is 30.6 Å². The summed E-state index contributed by atoms with van der Waals surface area (Å²) in [6.07, 6.45) is 0.267. The zero-order valence-corrected chi connectivity index (χ0v) is 12.3. The summed E-state index contributed by atoms with van der Waals surface area (Å²) in [4.78, 5) is 23.6. The third-order valence-electron chi connectivity index (χ3n) is 2.95. The molecule has 8 heteroatoms. The summed E-state index contributed by atoms with van der Waals surface area (Å²) in [7, 11) is 1.37. The van der Waals surface area contributed by atoms with Gasteiger partial charge in [0.1, 0.15) is 6.04 Å². The van der Waals surface area contributed by atoms with Gasteiger partial charge in [0.25, 0.3) is 5.91 Å². The molecule has 0 radical (unpaired) electrons. The van der Waals surface area contributed by atoms with Gasteiger partial charge in [0.05, 0.1) is 5.56 Å². The minimum Gasteiger partial charge on any atom is -0.503 e. The standard InChI is InChI=1S/C14H17F3N2O3/c1-6(2)4-9(14(22)18-3)19-13(21)7-5-8(15)11(17)12(20)10(7)16/h5-6,9,20H,4H2,1-3H3,(H,18,22)(H,19,21). The number of likely N-dealkylation sites (N-methyl/N-ethyl adjacent to an activating group) is 1. The first-order valence-electron chi connectivity index (χ1n) is 6.57. The lowest BCUT2D eigenvalue weighted by Gasteiger charge is -2.19. The van der Waals surface area contributed by atoms with Crippen LogP contribution in [0.4, 0.5) is 13.2 Å². The number of carbonyl (C=O) groups is 2. The van der Waals surface area contributed by atoms with Gasteiger partial charge in [0.15, 0.2) is 17.4 Å². The third-order valence-corrected chi connectivity index (χ3v) is 2.95. The van der Waals surface area contributed by atoms with Crippen LogP contribution in [0.3, 0.4) is 0 Å². The monoisotopic (exact) mass is 318 g/mol. The Balaban J connectivity index is 3.07. The van der Waals surface area contributed by atoms with Crippen LogP contribution in [0.25, 0.3) is 0 Å². The van der Waals surface area contributed by atoms with Gasteiger partial charge in [0, 0.05) is 7.05 Å². The van der Waals surface area contributed by atoms with Crippen LogP contribution >= 0.6 is 0 Å². The van der Waals surface area contributed by atoms with E-state index in [9.17, 15) is 22.8 Å². The largest absolute Gasteiger partial charge is 0.503 e. The molecule has 0 bridgehead atoms. The molecule has 2 amide bonds. The average molecular weight is 318 g/mol. The smallest absolute Gasteiger partial charge is 0.255 e. The molecule has 0 heterocycles. The first-order chi connectivity index (χ1) is 10.2. The maximum absolute atomic E-state index is 13.7. The number of hydrogen-bond donors (Lipinski definition) is 3. The van der Waals surface area contributed by atoms with Gasteiger partial charge < -0.3 is 15.7 Å². The van der Waals surface area contributed by atoms with Gasteiger partial charge in [-0.15, -0.1) is 0 Å². The van der Waals surface area contributed by atoms with Crippen LogP contribution in [0.5, 0.6) is 5.75 Å². The molecule has 0 aliphatic rings. The lowest BCUT2D eigenvalue weighted by molar-refractivity contribution is -0.122. The summed E-state index contributed by atoms with van der Waals surface area (Å²) in [5.74, 6) is -8.09. The van der Waals surface area contributed by atoms with Gasteiger partial charge in [-0.1, -0.05) is 13.8 Å². The van der Waals surface area contributed by atoms with Gasteiger partial charge in [0.2, 0.25) is 11.7 Å². The van der Waals surface area contributed by atoms with Crippen molar-refractivity contribution in [3.63, 3.8) is 0 Å². The van der Waals surface area contributed by atoms with E-state index in [1.165, 1.54) is 7.05 Å². The molecule has 0 aliphatic carbocycles. The van der Waals surface area contributed by atoms with Gasteiger partial charge in [-0.3, -0.25) is 9.59 Å². The quantitative estimate of drug-likeness (QED) is 0.723. The number of hydrogen-bond acceptors (Lipinski definition) is 3. The van der Waals surface area contributed by atoms with Crippen molar-refractivity contribution in [2.24, 2.45) is 5.92 Å². The van der Waals surface area contributed by atoms with E-state index < -0.39 is 46.6 Å². The molecule has 0 aliphatic heterocycles. The van der Waals surface area contributed by atoms with Crippen molar-refractivity contribution in [2.45, 2.75) is 26.3 Å². The van der Waals surface area contributed by atoms with Crippen molar-refractivity contribution >= 4 is 11.8 Å². The minimum absolute atomic E-state index is 0.0470. The second-order valence-corrected chi connectivity index (χ2v) is 5.15. The molecule has 0 fully saturated rings. The maximum Gasteiger partial charge on any atom is 0.255 e. The highest BCUT2D eigenvalue weighted by molar-refractivity contribution is 5.98. The van der Waals surface area contributed by atoms with E-state index in [-0.39, 0.29) is 12.3 Å². The Labute approximate surface area is 125 Å². The summed E-state index contributed by atoms with van der Waals surface area (Å²) in [5, 5.41) is 13.7. The van der Waals surface area contributed by atoms with Crippen LogP contribution < -0.4 is 10.6 Å².